The highest BCUT2D eigenvalue weighted by atomic mass is 32.2. The summed E-state index contributed by atoms with van der Waals surface area (Å²) in [4.78, 5) is 12.2. The highest BCUT2D eigenvalue weighted by Crippen LogP contribution is 2.19. The molecule has 2 N–H and O–H groups in total. The van der Waals surface area contributed by atoms with Gasteiger partial charge in [0.2, 0.25) is 15.9 Å². The van der Waals surface area contributed by atoms with Gasteiger partial charge >= 0.3 is 0 Å². The van der Waals surface area contributed by atoms with Crippen LogP contribution in [0.3, 0.4) is 0 Å². The molecule has 136 valence electrons. The van der Waals surface area contributed by atoms with Crippen molar-refractivity contribution in [2.75, 3.05) is 19.8 Å². The van der Waals surface area contributed by atoms with Gasteiger partial charge in [0.15, 0.2) is 0 Å². The van der Waals surface area contributed by atoms with E-state index in [1.165, 1.54) is 13.0 Å². The maximum Gasteiger partial charge on any atom is 0.241 e. The van der Waals surface area contributed by atoms with Gasteiger partial charge in [0, 0.05) is 19.8 Å². The summed E-state index contributed by atoms with van der Waals surface area (Å²) in [5.74, 6) is -0.360. The van der Waals surface area contributed by atoms with Crippen LogP contribution in [0.4, 0.5) is 0 Å². The van der Waals surface area contributed by atoms with Gasteiger partial charge < -0.3 is 10.1 Å². The number of ether oxygens (including phenoxy) is 1. The monoisotopic (exact) mass is 364 g/mol. The van der Waals surface area contributed by atoms with Crippen molar-refractivity contribution in [3.63, 3.8) is 0 Å². The second-order valence-corrected chi connectivity index (χ2v) is 7.41. The number of benzene rings is 2. The van der Waals surface area contributed by atoms with Crippen LogP contribution in [-0.2, 0) is 19.6 Å². The maximum atomic E-state index is 12.5. The predicted molar refractivity (Wildman–Crippen MR) is 97.9 cm³/mol. The van der Waals surface area contributed by atoms with Crippen molar-refractivity contribution in [2.45, 2.75) is 31.2 Å². The lowest BCUT2D eigenvalue weighted by atomic mass is 10.1. The van der Waals surface area contributed by atoms with Crippen LogP contribution in [-0.4, -0.2) is 40.1 Å². The summed E-state index contributed by atoms with van der Waals surface area (Å²) >= 11 is 0. The van der Waals surface area contributed by atoms with E-state index >= 15 is 0 Å². The summed E-state index contributed by atoms with van der Waals surface area (Å²) in [7, 11) is -3.77. The van der Waals surface area contributed by atoms with Gasteiger partial charge in [-0.25, -0.2) is 8.42 Å². The minimum Gasteiger partial charge on any atom is -0.382 e. The average molecular weight is 364 g/mol. The fourth-order valence-corrected chi connectivity index (χ4v) is 3.61. The first-order valence-electron chi connectivity index (χ1n) is 8.30. The largest absolute Gasteiger partial charge is 0.382 e. The molecule has 2 aromatic rings. The highest BCUT2D eigenvalue weighted by Gasteiger charge is 2.22. The first kappa shape index (κ1) is 19.4. The number of nitrogens with one attached hydrogen (secondary N) is 2. The number of amides is 1. The van der Waals surface area contributed by atoms with Crippen molar-refractivity contribution in [1.29, 1.82) is 0 Å². The zero-order valence-electron chi connectivity index (χ0n) is 14.5. The smallest absolute Gasteiger partial charge is 0.241 e. The Labute approximate surface area is 148 Å². The molecular weight excluding hydrogens is 340 g/mol. The molecule has 0 saturated heterocycles. The van der Waals surface area contributed by atoms with Gasteiger partial charge in [-0.1, -0.05) is 30.3 Å². The quantitative estimate of drug-likeness (QED) is 0.667. The van der Waals surface area contributed by atoms with Crippen molar-refractivity contribution < 1.29 is 17.9 Å². The van der Waals surface area contributed by atoms with Crippen LogP contribution in [0.2, 0.25) is 0 Å². The summed E-state index contributed by atoms with van der Waals surface area (Å²) in [6, 6.07) is 11.5. The van der Waals surface area contributed by atoms with E-state index in [1.807, 2.05) is 31.2 Å². The fraction of sp³-hybridized carbons (Fsp3) is 0.389. The molecule has 0 aliphatic heterocycles. The van der Waals surface area contributed by atoms with Gasteiger partial charge in [0.1, 0.15) is 0 Å². The molecule has 0 aromatic heterocycles. The van der Waals surface area contributed by atoms with E-state index in [9.17, 15) is 13.2 Å². The van der Waals surface area contributed by atoms with E-state index in [1.54, 1.807) is 12.1 Å². The summed E-state index contributed by atoms with van der Waals surface area (Å²) in [5.41, 5.74) is 0. The minimum absolute atomic E-state index is 0.141. The molecule has 0 heterocycles. The first-order chi connectivity index (χ1) is 11.9. The molecule has 0 aliphatic rings. The Bertz CT molecular complexity index is 821. The number of rotatable bonds is 9. The Morgan fingerprint density at radius 2 is 1.88 bits per heavy atom. The van der Waals surface area contributed by atoms with Crippen LogP contribution in [0, 0.1) is 0 Å². The van der Waals surface area contributed by atoms with E-state index < -0.39 is 16.1 Å². The Balaban J connectivity index is 1.97. The summed E-state index contributed by atoms with van der Waals surface area (Å²) in [6.07, 6.45) is 0.684. The van der Waals surface area contributed by atoms with Gasteiger partial charge in [-0.3, -0.25) is 4.79 Å². The lowest BCUT2D eigenvalue weighted by Crippen LogP contribution is -2.45. The third-order valence-corrected chi connectivity index (χ3v) is 5.26. The normalized spacial score (nSPS) is 12.9. The predicted octanol–water partition coefficient (Wildman–Crippen LogP) is 2.05. The maximum absolute atomic E-state index is 12.5. The molecule has 7 heteroatoms. The van der Waals surface area contributed by atoms with Crippen LogP contribution < -0.4 is 10.0 Å². The topological polar surface area (TPSA) is 84.5 Å². The van der Waals surface area contributed by atoms with Crippen LogP contribution >= 0.6 is 0 Å². The number of sulfonamides is 1. The summed E-state index contributed by atoms with van der Waals surface area (Å²) in [5, 5.41) is 4.49. The van der Waals surface area contributed by atoms with Gasteiger partial charge in [-0.15, -0.1) is 0 Å². The average Bonchev–Trinajstić information content (AvgIpc) is 2.60. The zero-order valence-corrected chi connectivity index (χ0v) is 15.3. The van der Waals surface area contributed by atoms with Gasteiger partial charge in [-0.2, -0.15) is 4.72 Å². The van der Waals surface area contributed by atoms with Crippen LogP contribution in [0.5, 0.6) is 0 Å². The van der Waals surface area contributed by atoms with Crippen LogP contribution in [0.25, 0.3) is 10.8 Å². The van der Waals surface area contributed by atoms with E-state index in [-0.39, 0.29) is 10.8 Å². The molecule has 0 aliphatic carbocycles. The second kappa shape index (κ2) is 8.94. The zero-order chi connectivity index (χ0) is 18.3. The van der Waals surface area contributed by atoms with Crippen molar-refractivity contribution in [2.24, 2.45) is 0 Å². The molecule has 0 bridgehead atoms. The molecule has 1 amide bonds. The number of hydrogen-bond donors (Lipinski definition) is 2. The van der Waals surface area contributed by atoms with E-state index in [4.69, 9.17) is 4.74 Å². The molecule has 0 fully saturated rings. The van der Waals surface area contributed by atoms with Crippen molar-refractivity contribution in [3.05, 3.63) is 42.5 Å². The summed E-state index contributed by atoms with van der Waals surface area (Å²) < 4.78 is 32.6. The molecule has 25 heavy (non-hydrogen) atoms. The Morgan fingerprint density at radius 3 is 2.60 bits per heavy atom. The highest BCUT2D eigenvalue weighted by molar-refractivity contribution is 7.89. The minimum atomic E-state index is -3.77. The third kappa shape index (κ3) is 5.52. The number of carbonyl (C=O) groups excluding carboxylic acids is 1. The molecule has 0 spiro atoms. The van der Waals surface area contributed by atoms with E-state index in [0.717, 1.165) is 10.8 Å². The van der Waals surface area contributed by atoms with Crippen molar-refractivity contribution >= 4 is 26.7 Å². The SMILES string of the molecule is CCOCCCNC(=O)[C@@H](C)NS(=O)(=O)c1ccc2ccccc2c1. The Morgan fingerprint density at radius 1 is 1.16 bits per heavy atom. The van der Waals surface area contributed by atoms with Crippen LogP contribution in [0.1, 0.15) is 20.3 Å². The Hall–Kier alpha value is -1.96. The summed E-state index contributed by atoms with van der Waals surface area (Å²) in [6.45, 7) is 5.07. The number of hydrogen-bond acceptors (Lipinski definition) is 4. The molecular formula is C18H24N2O4S. The lowest BCUT2D eigenvalue weighted by molar-refractivity contribution is -0.122. The standard InChI is InChI=1S/C18H24N2O4S/c1-3-24-12-6-11-19-18(21)14(2)20-25(22,23)17-10-9-15-7-4-5-8-16(15)13-17/h4-5,7-10,13-14,20H,3,6,11-12H2,1-2H3,(H,19,21)/t14-/m1/s1. The fourth-order valence-electron chi connectivity index (χ4n) is 2.37. The first-order valence-corrected chi connectivity index (χ1v) is 9.79. The van der Waals surface area contributed by atoms with Crippen molar-refractivity contribution in [3.8, 4) is 0 Å². The molecule has 2 rings (SSSR count). The van der Waals surface area contributed by atoms with E-state index in [0.29, 0.717) is 26.2 Å². The van der Waals surface area contributed by atoms with Crippen LogP contribution in [0.15, 0.2) is 47.4 Å². The molecule has 0 unspecified atom stereocenters. The molecule has 0 radical (unpaired) electrons. The Kier molecular flexibility index (Phi) is 6.92. The van der Waals surface area contributed by atoms with Crippen molar-refractivity contribution in [1.82, 2.24) is 10.0 Å². The molecule has 6 nitrogen and oxygen atoms in total. The molecule has 0 saturated carbocycles. The van der Waals surface area contributed by atoms with Gasteiger partial charge in [-0.05, 0) is 43.2 Å². The molecule has 1 atom stereocenters. The lowest BCUT2D eigenvalue weighted by Gasteiger charge is -2.15. The van der Waals surface area contributed by atoms with Gasteiger partial charge in [0.25, 0.3) is 0 Å². The van der Waals surface area contributed by atoms with E-state index in [2.05, 4.69) is 10.0 Å². The van der Waals surface area contributed by atoms with Gasteiger partial charge in [0.05, 0.1) is 10.9 Å². The molecule has 2 aromatic carbocycles. The number of fused-ring (bicyclic) bond motifs is 1. The number of carbonyl (C=O) groups is 1. The second-order valence-electron chi connectivity index (χ2n) is 5.69. The third-order valence-electron chi connectivity index (χ3n) is 3.73.